The van der Waals surface area contributed by atoms with Gasteiger partial charge in [-0.05, 0) is 6.92 Å². The predicted octanol–water partition coefficient (Wildman–Crippen LogP) is 0.494. The first-order valence-electron chi connectivity index (χ1n) is 10.5. The number of imidazole rings is 1. The maximum Gasteiger partial charge on any atom is 0.332 e. The van der Waals surface area contributed by atoms with Gasteiger partial charge in [0.05, 0.1) is 24.5 Å². The first kappa shape index (κ1) is 22.1. The Balaban J connectivity index is 1.95. The van der Waals surface area contributed by atoms with Crippen LogP contribution in [0.1, 0.15) is 12.6 Å². The average Bonchev–Trinajstić information content (AvgIpc) is 3.20. The minimum absolute atomic E-state index is 0.0588. The van der Waals surface area contributed by atoms with Crippen LogP contribution in [0, 0.1) is 11.8 Å². The third kappa shape index (κ3) is 3.72. The highest BCUT2D eigenvalue weighted by Crippen LogP contribution is 2.23. The van der Waals surface area contributed by atoms with Crippen molar-refractivity contribution in [2.45, 2.75) is 20.0 Å². The molecule has 0 saturated heterocycles. The molecular weight excluding hydrogens is 420 g/mol. The summed E-state index contributed by atoms with van der Waals surface area (Å²) in [5, 5.41) is 1.71. The number of rotatable bonds is 6. The third-order valence-electron chi connectivity index (χ3n) is 5.66. The molecular formula is C23H26N8O2. The fraction of sp³-hybridized carbons (Fsp3) is 0.304. The summed E-state index contributed by atoms with van der Waals surface area (Å²) in [5.74, 6) is 6.35. The topological polar surface area (TPSA) is 130 Å². The van der Waals surface area contributed by atoms with Crippen molar-refractivity contribution in [1.29, 1.82) is 0 Å². The van der Waals surface area contributed by atoms with Crippen LogP contribution in [-0.4, -0.2) is 43.8 Å². The molecule has 0 aliphatic carbocycles. The van der Waals surface area contributed by atoms with Crippen molar-refractivity contribution < 1.29 is 0 Å². The van der Waals surface area contributed by atoms with E-state index in [2.05, 4.69) is 21.8 Å². The van der Waals surface area contributed by atoms with Crippen LogP contribution in [0.4, 0.5) is 11.6 Å². The minimum atomic E-state index is -0.499. The zero-order valence-electron chi connectivity index (χ0n) is 18.9. The molecule has 4 N–H and O–H groups in total. The third-order valence-corrected chi connectivity index (χ3v) is 5.66. The normalized spacial score (nSPS) is 11.0. The van der Waals surface area contributed by atoms with Crippen molar-refractivity contribution >= 4 is 33.6 Å². The summed E-state index contributed by atoms with van der Waals surface area (Å²) < 4.78 is 4.22. The van der Waals surface area contributed by atoms with Crippen molar-refractivity contribution in [3.05, 3.63) is 57.0 Å². The number of aryl methyl sites for hydroxylation is 1. The van der Waals surface area contributed by atoms with Gasteiger partial charge in [-0.2, -0.15) is 4.98 Å². The lowest BCUT2D eigenvalue weighted by Crippen LogP contribution is -2.40. The lowest BCUT2D eigenvalue weighted by atomic mass is 10.1. The van der Waals surface area contributed by atoms with Crippen LogP contribution in [0.2, 0.25) is 0 Å². The highest BCUT2D eigenvalue weighted by molar-refractivity contribution is 5.93. The van der Waals surface area contributed by atoms with Crippen LogP contribution in [-0.2, 0) is 20.1 Å². The molecule has 1 aromatic carbocycles. The molecule has 0 aliphatic rings. The number of pyridine rings is 1. The zero-order valence-corrected chi connectivity index (χ0v) is 18.9. The number of nitrogens with two attached hydrogens (primary N) is 2. The van der Waals surface area contributed by atoms with Gasteiger partial charge in [-0.15, -0.1) is 5.92 Å². The molecule has 0 atom stereocenters. The quantitative estimate of drug-likeness (QED) is 0.412. The molecule has 4 rings (SSSR count). The summed E-state index contributed by atoms with van der Waals surface area (Å²) in [6.45, 7) is 2.86. The molecule has 170 valence electrons. The van der Waals surface area contributed by atoms with Gasteiger partial charge >= 0.3 is 5.69 Å². The second kappa shape index (κ2) is 8.80. The molecule has 0 amide bonds. The molecule has 0 bridgehead atoms. The Morgan fingerprint density at radius 2 is 1.94 bits per heavy atom. The predicted molar refractivity (Wildman–Crippen MR) is 130 cm³/mol. The molecule has 0 aliphatic heterocycles. The number of anilines is 2. The average molecular weight is 447 g/mol. The Labute approximate surface area is 190 Å². The number of nitrogens with zero attached hydrogens (tertiary/aromatic N) is 6. The van der Waals surface area contributed by atoms with E-state index in [9.17, 15) is 9.59 Å². The number of likely N-dealkylation sites (N-methyl/N-ethyl adjacent to an activating group) is 1. The van der Waals surface area contributed by atoms with E-state index in [1.54, 1.807) is 24.7 Å². The summed E-state index contributed by atoms with van der Waals surface area (Å²) in [7, 11) is 3.42. The van der Waals surface area contributed by atoms with Crippen LogP contribution < -0.4 is 27.6 Å². The van der Waals surface area contributed by atoms with Crippen molar-refractivity contribution in [1.82, 2.24) is 23.7 Å². The molecule has 10 nitrogen and oxygen atoms in total. The van der Waals surface area contributed by atoms with Crippen molar-refractivity contribution in [3.63, 3.8) is 0 Å². The lowest BCUT2D eigenvalue weighted by Gasteiger charge is -2.17. The molecule has 3 aromatic heterocycles. The monoisotopic (exact) mass is 446 g/mol. The van der Waals surface area contributed by atoms with E-state index in [-0.39, 0.29) is 24.3 Å². The molecule has 0 spiro atoms. The minimum Gasteiger partial charge on any atom is -0.397 e. The van der Waals surface area contributed by atoms with Gasteiger partial charge in [-0.1, -0.05) is 30.2 Å². The van der Waals surface area contributed by atoms with Gasteiger partial charge < -0.3 is 16.4 Å². The smallest absolute Gasteiger partial charge is 0.332 e. The fourth-order valence-corrected chi connectivity index (χ4v) is 3.90. The number of hydrogen-bond acceptors (Lipinski definition) is 7. The Morgan fingerprint density at radius 1 is 1.18 bits per heavy atom. The van der Waals surface area contributed by atoms with Gasteiger partial charge in [0.15, 0.2) is 11.2 Å². The summed E-state index contributed by atoms with van der Waals surface area (Å²) >= 11 is 0. The molecule has 0 unspecified atom stereocenters. The molecule has 0 fully saturated rings. The molecule has 0 radical (unpaired) electrons. The maximum atomic E-state index is 13.6. The van der Waals surface area contributed by atoms with E-state index in [0.717, 1.165) is 15.3 Å². The van der Waals surface area contributed by atoms with Gasteiger partial charge in [-0.25, -0.2) is 4.79 Å². The van der Waals surface area contributed by atoms with Crippen LogP contribution in [0.25, 0.3) is 21.9 Å². The van der Waals surface area contributed by atoms with E-state index in [4.69, 9.17) is 11.5 Å². The fourth-order valence-electron chi connectivity index (χ4n) is 3.90. The van der Waals surface area contributed by atoms with Crippen LogP contribution in [0.3, 0.4) is 0 Å². The standard InChI is InChI=1S/C23H26N8O2/c1-4-5-11-30-19-20(27-22(30)28(2)12-10-24)29(3)23(33)31(21(19)32)14-17-18(25)16-9-7-6-8-15(16)13-26-17/h6-9,13H,10-12,14,24-25H2,1-3H3. The second-order valence-corrected chi connectivity index (χ2v) is 7.75. The van der Waals surface area contributed by atoms with Gasteiger partial charge in [0.25, 0.3) is 5.56 Å². The van der Waals surface area contributed by atoms with Crippen LogP contribution in [0.5, 0.6) is 0 Å². The molecule has 0 saturated carbocycles. The second-order valence-electron chi connectivity index (χ2n) is 7.75. The number of benzene rings is 1. The van der Waals surface area contributed by atoms with Crippen LogP contribution >= 0.6 is 0 Å². The summed E-state index contributed by atoms with van der Waals surface area (Å²) in [4.78, 5) is 37.6. The molecule has 33 heavy (non-hydrogen) atoms. The van der Waals surface area contributed by atoms with E-state index >= 15 is 0 Å². The highest BCUT2D eigenvalue weighted by atomic mass is 16.2. The van der Waals surface area contributed by atoms with E-state index in [0.29, 0.717) is 30.4 Å². The number of hydrogen-bond donors (Lipinski definition) is 2. The maximum absolute atomic E-state index is 13.6. The number of fused-ring (bicyclic) bond motifs is 2. The number of aromatic nitrogens is 5. The first-order chi connectivity index (χ1) is 15.9. The van der Waals surface area contributed by atoms with Gasteiger partial charge in [0.1, 0.15) is 0 Å². The van der Waals surface area contributed by atoms with E-state index in [1.165, 1.54) is 4.57 Å². The Kier molecular flexibility index (Phi) is 5.89. The zero-order chi connectivity index (χ0) is 23.7. The van der Waals surface area contributed by atoms with Gasteiger partial charge in [0, 0.05) is 44.2 Å². The largest absolute Gasteiger partial charge is 0.397 e. The molecule has 3 heterocycles. The van der Waals surface area contributed by atoms with E-state index < -0.39 is 11.2 Å². The SMILES string of the molecule is CC#CCn1c(N(C)CCN)nc2c1c(=O)n(Cc1ncc3ccccc3c1N)c(=O)n2C. The Hall–Kier alpha value is -4.10. The summed E-state index contributed by atoms with van der Waals surface area (Å²) in [5.41, 5.74) is 12.6. The highest BCUT2D eigenvalue weighted by Gasteiger charge is 2.22. The van der Waals surface area contributed by atoms with Crippen LogP contribution in [0.15, 0.2) is 40.1 Å². The molecule has 4 aromatic rings. The summed E-state index contributed by atoms with van der Waals surface area (Å²) in [6, 6.07) is 7.58. The van der Waals surface area contributed by atoms with Crippen molar-refractivity contribution in [2.24, 2.45) is 12.8 Å². The van der Waals surface area contributed by atoms with Crippen molar-refractivity contribution in [2.75, 3.05) is 30.8 Å². The van der Waals surface area contributed by atoms with Gasteiger partial charge in [0.2, 0.25) is 5.95 Å². The Bertz CT molecular complexity index is 1530. The first-order valence-corrected chi connectivity index (χ1v) is 10.5. The number of nitrogen functional groups attached to an aromatic ring is 1. The summed E-state index contributed by atoms with van der Waals surface area (Å²) in [6.07, 6.45) is 1.69. The van der Waals surface area contributed by atoms with E-state index in [1.807, 2.05) is 36.2 Å². The Morgan fingerprint density at radius 3 is 2.67 bits per heavy atom. The lowest BCUT2D eigenvalue weighted by molar-refractivity contribution is 0.646. The molecule has 10 heteroatoms. The van der Waals surface area contributed by atoms with Crippen molar-refractivity contribution in [3.8, 4) is 11.8 Å². The van der Waals surface area contributed by atoms with Gasteiger partial charge in [-0.3, -0.25) is 23.5 Å².